The van der Waals surface area contributed by atoms with Crippen LogP contribution in [0, 0.1) is 11.7 Å². The topological polar surface area (TPSA) is 113 Å². The standard InChI is InChI=1S/C27H33FN4O4S/c1-17(18-2-6-21(28)7-3-18)29-27(33)20-4-8-22(9-5-20)32-37(34,35)23-10-11-24-25(16-23)31-26(30-24)19-12-14-36-15-13-19/h2-3,6-7,10-11,16-17,19-20,22,32H,4-5,8-9,12-15H2,1H3,(H,29,33)(H,30,31)/t17-,20-,22-/m1/s1. The average molecular weight is 529 g/mol. The Kier molecular flexibility index (Phi) is 7.60. The molecular weight excluding hydrogens is 495 g/mol. The van der Waals surface area contributed by atoms with Gasteiger partial charge in [0.1, 0.15) is 11.6 Å². The first-order valence-electron chi connectivity index (χ1n) is 12.9. The zero-order valence-corrected chi connectivity index (χ0v) is 21.7. The van der Waals surface area contributed by atoms with Crippen LogP contribution in [0.2, 0.25) is 0 Å². The van der Waals surface area contributed by atoms with Crippen molar-refractivity contribution >= 4 is 27.0 Å². The number of halogens is 1. The number of hydrogen-bond donors (Lipinski definition) is 3. The van der Waals surface area contributed by atoms with E-state index in [-0.39, 0.29) is 34.6 Å². The number of aromatic amines is 1. The van der Waals surface area contributed by atoms with Gasteiger partial charge >= 0.3 is 0 Å². The molecule has 10 heteroatoms. The minimum absolute atomic E-state index is 0.0526. The highest BCUT2D eigenvalue weighted by Gasteiger charge is 2.30. The summed E-state index contributed by atoms with van der Waals surface area (Å²) in [4.78, 5) is 20.9. The summed E-state index contributed by atoms with van der Waals surface area (Å²) in [6, 6.07) is 10.6. The molecule has 2 fully saturated rings. The molecule has 2 aromatic carbocycles. The summed E-state index contributed by atoms with van der Waals surface area (Å²) in [7, 11) is -3.71. The van der Waals surface area contributed by atoms with Gasteiger partial charge in [0.15, 0.2) is 0 Å². The van der Waals surface area contributed by atoms with Crippen LogP contribution in [-0.2, 0) is 19.6 Å². The maximum atomic E-state index is 13.2. The summed E-state index contributed by atoms with van der Waals surface area (Å²) in [6.45, 7) is 3.29. The molecule has 1 aromatic heterocycles. The molecular formula is C27H33FN4O4S. The molecule has 0 unspecified atom stereocenters. The van der Waals surface area contributed by atoms with E-state index in [1.807, 2.05) is 6.92 Å². The van der Waals surface area contributed by atoms with Gasteiger partial charge in [-0.2, -0.15) is 0 Å². The third-order valence-electron chi connectivity index (χ3n) is 7.54. The van der Waals surface area contributed by atoms with E-state index in [4.69, 9.17) is 4.74 Å². The number of H-pyrrole nitrogens is 1. The van der Waals surface area contributed by atoms with Crippen molar-refractivity contribution in [2.45, 2.75) is 68.3 Å². The molecule has 1 saturated heterocycles. The number of carbonyl (C=O) groups is 1. The molecule has 1 aliphatic carbocycles. The fourth-order valence-corrected chi connectivity index (χ4v) is 6.60. The number of sulfonamides is 1. The van der Waals surface area contributed by atoms with Crippen LogP contribution in [0.1, 0.15) is 68.8 Å². The van der Waals surface area contributed by atoms with Crippen molar-refractivity contribution in [2.75, 3.05) is 13.2 Å². The van der Waals surface area contributed by atoms with Crippen molar-refractivity contribution in [3.05, 3.63) is 59.7 Å². The smallest absolute Gasteiger partial charge is 0.240 e. The first-order valence-corrected chi connectivity index (χ1v) is 14.4. The molecule has 37 heavy (non-hydrogen) atoms. The Hall–Kier alpha value is -2.82. The lowest BCUT2D eigenvalue weighted by Gasteiger charge is -2.29. The number of imidazole rings is 1. The number of nitrogens with zero attached hydrogens (tertiary/aromatic N) is 1. The minimum Gasteiger partial charge on any atom is -0.381 e. The summed E-state index contributed by atoms with van der Waals surface area (Å²) in [5, 5.41) is 3.00. The number of amides is 1. The zero-order chi connectivity index (χ0) is 26.0. The molecule has 1 aliphatic heterocycles. The summed E-state index contributed by atoms with van der Waals surface area (Å²) in [5.41, 5.74) is 2.30. The lowest BCUT2D eigenvalue weighted by atomic mass is 9.85. The summed E-state index contributed by atoms with van der Waals surface area (Å²) in [5.74, 6) is 0.639. The van der Waals surface area contributed by atoms with Crippen molar-refractivity contribution in [1.82, 2.24) is 20.0 Å². The SMILES string of the molecule is C[C@@H](NC(=O)[C@H]1CC[C@H](NS(=O)(=O)c2ccc3nc(C4CCOCC4)[nH]c3c2)CC1)c1ccc(F)cc1. The average Bonchev–Trinajstić information content (AvgIpc) is 3.33. The van der Waals surface area contributed by atoms with Crippen molar-refractivity contribution in [3.63, 3.8) is 0 Å². The Balaban J connectivity index is 1.17. The van der Waals surface area contributed by atoms with Crippen molar-refractivity contribution in [1.29, 1.82) is 0 Å². The number of ether oxygens (including phenoxy) is 1. The molecule has 2 heterocycles. The number of carbonyl (C=O) groups excluding carboxylic acids is 1. The van der Waals surface area contributed by atoms with Crippen LogP contribution >= 0.6 is 0 Å². The molecule has 2 aliphatic rings. The predicted molar refractivity (Wildman–Crippen MR) is 138 cm³/mol. The molecule has 5 rings (SSSR count). The summed E-state index contributed by atoms with van der Waals surface area (Å²) >= 11 is 0. The van der Waals surface area contributed by atoms with E-state index in [0.29, 0.717) is 50.3 Å². The number of benzene rings is 2. The second-order valence-corrected chi connectivity index (χ2v) is 11.9. The van der Waals surface area contributed by atoms with Gasteiger partial charge in [0.2, 0.25) is 15.9 Å². The molecule has 3 aromatic rings. The van der Waals surface area contributed by atoms with E-state index in [2.05, 4.69) is 20.0 Å². The maximum Gasteiger partial charge on any atom is 0.240 e. The van der Waals surface area contributed by atoms with E-state index >= 15 is 0 Å². The van der Waals surface area contributed by atoms with Crippen LogP contribution in [0.3, 0.4) is 0 Å². The first-order chi connectivity index (χ1) is 17.8. The van der Waals surface area contributed by atoms with Crippen LogP contribution in [-0.4, -0.2) is 43.5 Å². The van der Waals surface area contributed by atoms with Gasteiger partial charge in [0, 0.05) is 31.1 Å². The van der Waals surface area contributed by atoms with E-state index < -0.39 is 10.0 Å². The van der Waals surface area contributed by atoms with Gasteiger partial charge in [-0.25, -0.2) is 22.5 Å². The van der Waals surface area contributed by atoms with Crippen LogP contribution in [0.15, 0.2) is 47.4 Å². The van der Waals surface area contributed by atoms with Crippen LogP contribution < -0.4 is 10.0 Å². The van der Waals surface area contributed by atoms with Crippen molar-refractivity contribution in [3.8, 4) is 0 Å². The summed E-state index contributed by atoms with van der Waals surface area (Å²) in [6.07, 6.45) is 4.17. The van der Waals surface area contributed by atoms with Gasteiger partial charge in [-0.05, 0) is 81.3 Å². The molecule has 1 amide bonds. The second-order valence-electron chi connectivity index (χ2n) is 10.1. The van der Waals surface area contributed by atoms with Crippen LogP contribution in [0.25, 0.3) is 11.0 Å². The minimum atomic E-state index is -3.71. The van der Waals surface area contributed by atoms with Gasteiger partial charge in [-0.1, -0.05) is 12.1 Å². The highest BCUT2D eigenvalue weighted by atomic mass is 32.2. The molecule has 1 saturated carbocycles. The van der Waals surface area contributed by atoms with Gasteiger partial charge in [-0.3, -0.25) is 4.79 Å². The Morgan fingerprint density at radius 2 is 1.76 bits per heavy atom. The molecule has 198 valence electrons. The maximum absolute atomic E-state index is 13.2. The van der Waals surface area contributed by atoms with Crippen molar-refractivity contribution < 1.29 is 22.3 Å². The van der Waals surface area contributed by atoms with Gasteiger partial charge in [0.25, 0.3) is 0 Å². The monoisotopic (exact) mass is 528 g/mol. The molecule has 1 atom stereocenters. The van der Waals surface area contributed by atoms with E-state index in [1.165, 1.54) is 12.1 Å². The highest BCUT2D eigenvalue weighted by Crippen LogP contribution is 2.29. The third kappa shape index (κ3) is 6.02. The first kappa shape index (κ1) is 25.8. The summed E-state index contributed by atoms with van der Waals surface area (Å²) < 4.78 is 47.7. The number of hydrogen-bond acceptors (Lipinski definition) is 5. The molecule has 8 nitrogen and oxygen atoms in total. The number of aromatic nitrogens is 2. The number of fused-ring (bicyclic) bond motifs is 1. The fourth-order valence-electron chi connectivity index (χ4n) is 5.27. The van der Waals surface area contributed by atoms with Crippen LogP contribution in [0.5, 0.6) is 0 Å². The third-order valence-corrected chi connectivity index (χ3v) is 9.06. The zero-order valence-electron chi connectivity index (χ0n) is 20.9. The Morgan fingerprint density at radius 1 is 1.05 bits per heavy atom. The Bertz CT molecular complexity index is 1340. The number of rotatable bonds is 7. The Morgan fingerprint density at radius 3 is 2.46 bits per heavy atom. The normalized spacial score (nSPS) is 22.1. The van der Waals surface area contributed by atoms with Gasteiger partial charge < -0.3 is 15.0 Å². The predicted octanol–water partition coefficient (Wildman–Crippen LogP) is 4.31. The molecule has 0 spiro atoms. The van der Waals surface area contributed by atoms with E-state index in [1.54, 1.807) is 30.3 Å². The fraction of sp³-hybridized carbons (Fsp3) is 0.481. The highest BCUT2D eigenvalue weighted by molar-refractivity contribution is 7.89. The molecule has 0 bridgehead atoms. The van der Waals surface area contributed by atoms with E-state index in [9.17, 15) is 17.6 Å². The van der Waals surface area contributed by atoms with Crippen LogP contribution in [0.4, 0.5) is 4.39 Å². The largest absolute Gasteiger partial charge is 0.381 e. The molecule has 3 N–H and O–H groups in total. The van der Waals surface area contributed by atoms with Gasteiger partial charge in [-0.15, -0.1) is 0 Å². The quantitative estimate of drug-likeness (QED) is 0.423. The lowest BCUT2D eigenvalue weighted by molar-refractivity contribution is -0.126. The van der Waals surface area contributed by atoms with Gasteiger partial charge in [0.05, 0.1) is 22.0 Å². The van der Waals surface area contributed by atoms with Crippen molar-refractivity contribution in [2.24, 2.45) is 5.92 Å². The lowest BCUT2D eigenvalue weighted by Crippen LogP contribution is -2.41. The number of nitrogens with one attached hydrogen (secondary N) is 3. The van der Waals surface area contributed by atoms with E-state index in [0.717, 1.165) is 29.7 Å². The molecule has 0 radical (unpaired) electrons. The Labute approximate surface area is 216 Å². The second kappa shape index (κ2) is 10.9.